The lowest BCUT2D eigenvalue weighted by Gasteiger charge is -2.37. The second-order valence-electron chi connectivity index (χ2n) is 5.79. The maximum absolute atomic E-state index is 10.7. The van der Waals surface area contributed by atoms with E-state index in [0.29, 0.717) is 6.42 Å². The minimum Gasteiger partial charge on any atom is -0.384 e. The molecule has 0 aromatic heterocycles. The first kappa shape index (κ1) is 12.9. The number of benzene rings is 1. The number of nitrogens with zero attached hydrogens (tertiary/aromatic N) is 1. The van der Waals surface area contributed by atoms with Crippen LogP contribution in [0.3, 0.4) is 0 Å². The van der Waals surface area contributed by atoms with E-state index in [2.05, 4.69) is 19.9 Å². The highest BCUT2D eigenvalue weighted by atomic mass is 16.3. The molecule has 0 bridgehead atoms. The van der Waals surface area contributed by atoms with Crippen LogP contribution in [-0.4, -0.2) is 10.7 Å². The Balaban J connectivity index is 2.33. The van der Waals surface area contributed by atoms with Crippen LogP contribution in [0.4, 0.5) is 0 Å². The molecule has 1 aromatic rings. The Labute approximate surface area is 109 Å². The minimum absolute atomic E-state index is 0.114. The van der Waals surface area contributed by atoms with Crippen LogP contribution in [0, 0.1) is 16.7 Å². The molecular weight excluding hydrogens is 222 g/mol. The quantitative estimate of drug-likeness (QED) is 0.806. The maximum Gasteiger partial charge on any atom is 0.104 e. The van der Waals surface area contributed by atoms with E-state index in [1.807, 2.05) is 42.5 Å². The summed E-state index contributed by atoms with van der Waals surface area (Å²) < 4.78 is 0. The third-order valence-corrected chi connectivity index (χ3v) is 3.75. The molecule has 18 heavy (non-hydrogen) atoms. The molecule has 1 aliphatic rings. The SMILES string of the molecule is CC1(C)C=CC(O)(C(C#N)c2ccccc2)CC1. The van der Waals surface area contributed by atoms with Crippen molar-refractivity contribution in [2.45, 2.75) is 38.2 Å². The van der Waals surface area contributed by atoms with E-state index in [9.17, 15) is 10.4 Å². The Morgan fingerprint density at radius 2 is 1.83 bits per heavy atom. The lowest BCUT2D eigenvalue weighted by atomic mass is 9.70. The van der Waals surface area contributed by atoms with Crippen LogP contribution in [0.1, 0.15) is 38.2 Å². The molecule has 1 aliphatic carbocycles. The summed E-state index contributed by atoms with van der Waals surface area (Å²) in [4.78, 5) is 0. The van der Waals surface area contributed by atoms with E-state index in [-0.39, 0.29) is 5.41 Å². The van der Waals surface area contributed by atoms with E-state index < -0.39 is 11.5 Å². The second-order valence-corrected chi connectivity index (χ2v) is 5.79. The minimum atomic E-state index is -1.04. The third kappa shape index (κ3) is 2.47. The van der Waals surface area contributed by atoms with E-state index in [1.165, 1.54) is 0 Å². The van der Waals surface area contributed by atoms with Crippen molar-refractivity contribution in [3.05, 3.63) is 48.0 Å². The van der Waals surface area contributed by atoms with E-state index in [0.717, 1.165) is 12.0 Å². The summed E-state index contributed by atoms with van der Waals surface area (Å²) in [7, 11) is 0. The second kappa shape index (κ2) is 4.59. The first-order valence-electron chi connectivity index (χ1n) is 6.34. The van der Waals surface area contributed by atoms with Crippen molar-refractivity contribution >= 4 is 0 Å². The van der Waals surface area contributed by atoms with Crippen molar-refractivity contribution < 1.29 is 5.11 Å². The molecule has 94 valence electrons. The van der Waals surface area contributed by atoms with Crippen LogP contribution in [0.5, 0.6) is 0 Å². The molecule has 0 aliphatic heterocycles. The van der Waals surface area contributed by atoms with Gasteiger partial charge in [-0.05, 0) is 23.8 Å². The van der Waals surface area contributed by atoms with E-state index in [1.54, 1.807) is 0 Å². The lowest BCUT2D eigenvalue weighted by Crippen LogP contribution is -2.38. The summed E-state index contributed by atoms with van der Waals surface area (Å²) >= 11 is 0. The Morgan fingerprint density at radius 3 is 2.33 bits per heavy atom. The summed E-state index contributed by atoms with van der Waals surface area (Å²) in [5.74, 6) is -0.494. The lowest BCUT2D eigenvalue weighted by molar-refractivity contribution is 0.0489. The molecule has 2 unspecified atom stereocenters. The topological polar surface area (TPSA) is 44.0 Å². The number of allylic oxidation sites excluding steroid dienone is 1. The highest BCUT2D eigenvalue weighted by Gasteiger charge is 2.39. The molecular formula is C16H19NO. The Hall–Kier alpha value is -1.59. The van der Waals surface area contributed by atoms with Gasteiger partial charge in [0, 0.05) is 0 Å². The third-order valence-electron chi connectivity index (χ3n) is 3.75. The fourth-order valence-electron chi connectivity index (χ4n) is 2.42. The van der Waals surface area contributed by atoms with Gasteiger partial charge in [0.25, 0.3) is 0 Å². The predicted molar refractivity (Wildman–Crippen MR) is 71.9 cm³/mol. The fraction of sp³-hybridized carbons (Fsp3) is 0.438. The Bertz CT molecular complexity index is 484. The maximum atomic E-state index is 10.7. The van der Waals surface area contributed by atoms with Crippen LogP contribution >= 0.6 is 0 Å². The van der Waals surface area contributed by atoms with Gasteiger partial charge in [0.15, 0.2) is 0 Å². The first-order chi connectivity index (χ1) is 8.47. The molecule has 0 fully saturated rings. The van der Waals surface area contributed by atoms with Gasteiger partial charge in [-0.3, -0.25) is 0 Å². The highest BCUT2D eigenvalue weighted by Crippen LogP contribution is 2.41. The molecule has 0 saturated heterocycles. The monoisotopic (exact) mass is 241 g/mol. The molecule has 2 rings (SSSR count). The van der Waals surface area contributed by atoms with Crippen molar-refractivity contribution in [1.29, 1.82) is 5.26 Å². The number of hydrogen-bond acceptors (Lipinski definition) is 2. The molecule has 1 N–H and O–H groups in total. The summed E-state index contributed by atoms with van der Waals surface area (Å²) in [5.41, 5.74) is -0.0407. The van der Waals surface area contributed by atoms with Gasteiger partial charge in [-0.2, -0.15) is 5.26 Å². The summed E-state index contributed by atoms with van der Waals surface area (Å²) in [6.07, 6.45) is 5.37. The largest absolute Gasteiger partial charge is 0.384 e. The normalized spacial score (nSPS) is 27.4. The summed E-state index contributed by atoms with van der Waals surface area (Å²) in [5, 5.41) is 20.1. The van der Waals surface area contributed by atoms with Crippen molar-refractivity contribution in [3.8, 4) is 6.07 Å². The molecule has 1 aromatic carbocycles. The average molecular weight is 241 g/mol. The predicted octanol–water partition coefficient (Wildman–Crippen LogP) is 3.40. The highest BCUT2D eigenvalue weighted by molar-refractivity contribution is 5.33. The van der Waals surface area contributed by atoms with Gasteiger partial charge in [-0.25, -0.2) is 0 Å². The standard InChI is InChI=1S/C16H19NO/c1-15(2)8-10-16(18,11-9-15)14(12-17)13-6-4-3-5-7-13/h3-8,10,14,18H,9,11H2,1-2H3. The van der Waals surface area contributed by atoms with Crippen LogP contribution in [0.15, 0.2) is 42.5 Å². The summed E-state index contributed by atoms with van der Waals surface area (Å²) in [6, 6.07) is 11.8. The number of nitriles is 1. The van der Waals surface area contributed by atoms with Crippen LogP contribution in [0.25, 0.3) is 0 Å². The van der Waals surface area contributed by atoms with E-state index in [4.69, 9.17) is 0 Å². The van der Waals surface area contributed by atoms with Crippen molar-refractivity contribution in [3.63, 3.8) is 0 Å². The van der Waals surface area contributed by atoms with Gasteiger partial charge in [-0.15, -0.1) is 0 Å². The van der Waals surface area contributed by atoms with Gasteiger partial charge in [0.1, 0.15) is 11.5 Å². The molecule has 2 heteroatoms. The molecule has 0 heterocycles. The molecule has 0 saturated carbocycles. The molecule has 0 amide bonds. The van der Waals surface area contributed by atoms with E-state index >= 15 is 0 Å². The van der Waals surface area contributed by atoms with Crippen molar-refractivity contribution in [2.75, 3.05) is 0 Å². The van der Waals surface area contributed by atoms with Gasteiger partial charge < -0.3 is 5.11 Å². The average Bonchev–Trinajstić information content (AvgIpc) is 2.36. The van der Waals surface area contributed by atoms with Gasteiger partial charge >= 0.3 is 0 Å². The van der Waals surface area contributed by atoms with Crippen molar-refractivity contribution in [2.24, 2.45) is 5.41 Å². The number of hydrogen-bond donors (Lipinski definition) is 1. The smallest absolute Gasteiger partial charge is 0.104 e. The fourth-order valence-corrected chi connectivity index (χ4v) is 2.42. The van der Waals surface area contributed by atoms with Crippen LogP contribution < -0.4 is 0 Å². The van der Waals surface area contributed by atoms with Crippen LogP contribution in [0.2, 0.25) is 0 Å². The van der Waals surface area contributed by atoms with Gasteiger partial charge in [0.2, 0.25) is 0 Å². The van der Waals surface area contributed by atoms with Gasteiger partial charge in [0.05, 0.1) is 6.07 Å². The molecule has 2 nitrogen and oxygen atoms in total. The van der Waals surface area contributed by atoms with Gasteiger partial charge in [-0.1, -0.05) is 56.3 Å². The zero-order valence-corrected chi connectivity index (χ0v) is 10.9. The van der Waals surface area contributed by atoms with Crippen LogP contribution in [-0.2, 0) is 0 Å². The number of aliphatic hydroxyl groups is 1. The summed E-state index contributed by atoms with van der Waals surface area (Å²) in [6.45, 7) is 4.29. The Morgan fingerprint density at radius 1 is 1.17 bits per heavy atom. The Kier molecular flexibility index (Phi) is 3.28. The molecule has 0 radical (unpaired) electrons. The number of rotatable bonds is 2. The first-order valence-corrected chi connectivity index (χ1v) is 6.34. The molecule has 2 atom stereocenters. The zero-order valence-electron chi connectivity index (χ0n) is 10.9. The molecule has 0 spiro atoms. The zero-order chi connectivity index (χ0) is 13.2. The van der Waals surface area contributed by atoms with Crippen molar-refractivity contribution in [1.82, 2.24) is 0 Å².